The van der Waals surface area contributed by atoms with Crippen molar-refractivity contribution in [3.05, 3.63) is 69.8 Å². The van der Waals surface area contributed by atoms with E-state index in [0.717, 1.165) is 34.0 Å². The molecule has 0 spiro atoms. The smallest absolute Gasteiger partial charge is 0.271 e. The molecule has 0 amide bonds. The Morgan fingerprint density at radius 2 is 1.65 bits per heavy atom. The Balaban J connectivity index is 1.45. The van der Waals surface area contributed by atoms with Gasteiger partial charge < -0.3 is 5.32 Å². The van der Waals surface area contributed by atoms with Gasteiger partial charge in [-0.25, -0.2) is 13.1 Å². The molecule has 160 valence electrons. The van der Waals surface area contributed by atoms with Crippen molar-refractivity contribution < 1.29 is 8.42 Å². The van der Waals surface area contributed by atoms with Gasteiger partial charge in [0, 0.05) is 17.1 Å². The van der Waals surface area contributed by atoms with E-state index >= 15 is 0 Å². The van der Waals surface area contributed by atoms with E-state index in [0.29, 0.717) is 21.7 Å². The van der Waals surface area contributed by atoms with E-state index in [2.05, 4.69) is 25.3 Å². The number of halogens is 1. The van der Waals surface area contributed by atoms with Crippen LogP contribution in [0.5, 0.6) is 0 Å². The van der Waals surface area contributed by atoms with E-state index in [1.54, 1.807) is 35.0 Å². The second-order valence-corrected chi connectivity index (χ2v) is 10.5. The minimum absolute atomic E-state index is 0.160. The minimum Gasteiger partial charge on any atom is -0.339 e. The zero-order chi connectivity index (χ0) is 22.2. The van der Waals surface area contributed by atoms with Crippen molar-refractivity contribution in [3.8, 4) is 5.82 Å². The van der Waals surface area contributed by atoms with Crippen LogP contribution in [0, 0.1) is 20.8 Å². The SMILES string of the molecule is Cc1nn(-c2ccc(Nc3ccc(NS(=O)(=O)c4ccc(Cl)s4)cc3)nn2)c(C)c1C. The van der Waals surface area contributed by atoms with Gasteiger partial charge in [-0.1, -0.05) is 11.6 Å². The van der Waals surface area contributed by atoms with Crippen LogP contribution in [-0.2, 0) is 10.0 Å². The van der Waals surface area contributed by atoms with Crippen LogP contribution in [0.2, 0.25) is 4.34 Å². The van der Waals surface area contributed by atoms with E-state index in [4.69, 9.17) is 11.6 Å². The van der Waals surface area contributed by atoms with E-state index in [-0.39, 0.29) is 4.21 Å². The largest absolute Gasteiger partial charge is 0.339 e. The summed E-state index contributed by atoms with van der Waals surface area (Å²) in [7, 11) is -3.67. The highest BCUT2D eigenvalue weighted by Gasteiger charge is 2.16. The van der Waals surface area contributed by atoms with Gasteiger partial charge in [0.15, 0.2) is 11.6 Å². The highest BCUT2D eigenvalue weighted by atomic mass is 35.5. The van der Waals surface area contributed by atoms with Gasteiger partial charge in [0.25, 0.3) is 10.0 Å². The standard InChI is InChI=1S/C20H19ClN6O2S2/c1-12-13(2)25-27(14(12)3)19-10-9-18(23-24-19)22-15-4-6-16(7-5-15)26-31(28,29)20-11-8-17(21)30-20/h4-11,26H,1-3H3,(H,22,23). The number of aryl methyl sites for hydroxylation is 1. The summed E-state index contributed by atoms with van der Waals surface area (Å²) in [5.74, 6) is 1.20. The molecule has 0 bridgehead atoms. The van der Waals surface area contributed by atoms with Crippen molar-refractivity contribution in [3.63, 3.8) is 0 Å². The summed E-state index contributed by atoms with van der Waals surface area (Å²) >= 11 is 6.83. The van der Waals surface area contributed by atoms with Gasteiger partial charge in [-0.15, -0.1) is 21.5 Å². The monoisotopic (exact) mass is 474 g/mol. The Labute approximate surface area is 189 Å². The van der Waals surface area contributed by atoms with Gasteiger partial charge in [-0.3, -0.25) is 4.72 Å². The second-order valence-electron chi connectivity index (χ2n) is 6.85. The summed E-state index contributed by atoms with van der Waals surface area (Å²) in [4.78, 5) is 0. The lowest BCUT2D eigenvalue weighted by atomic mass is 10.2. The van der Waals surface area contributed by atoms with Crippen LogP contribution in [-0.4, -0.2) is 28.4 Å². The molecule has 8 nitrogen and oxygen atoms in total. The van der Waals surface area contributed by atoms with Gasteiger partial charge in [0.1, 0.15) is 4.21 Å². The highest BCUT2D eigenvalue weighted by Crippen LogP contribution is 2.27. The Hall–Kier alpha value is -2.95. The fourth-order valence-corrected chi connectivity index (χ4v) is 5.41. The van der Waals surface area contributed by atoms with Crippen LogP contribution < -0.4 is 10.0 Å². The number of hydrogen-bond acceptors (Lipinski definition) is 7. The minimum atomic E-state index is -3.67. The van der Waals surface area contributed by atoms with E-state index < -0.39 is 10.0 Å². The number of hydrogen-bond donors (Lipinski definition) is 2. The summed E-state index contributed by atoms with van der Waals surface area (Å²) < 4.78 is 29.7. The Morgan fingerprint density at radius 3 is 2.19 bits per heavy atom. The molecule has 0 fully saturated rings. The first-order valence-corrected chi connectivity index (χ1v) is 11.9. The molecule has 0 saturated carbocycles. The molecule has 11 heteroatoms. The fraction of sp³-hybridized carbons (Fsp3) is 0.150. The maximum Gasteiger partial charge on any atom is 0.271 e. The zero-order valence-corrected chi connectivity index (χ0v) is 19.3. The number of anilines is 3. The molecule has 0 atom stereocenters. The number of rotatable bonds is 6. The first kappa shape index (κ1) is 21.3. The van der Waals surface area contributed by atoms with Crippen LogP contribution in [0.3, 0.4) is 0 Å². The van der Waals surface area contributed by atoms with Gasteiger partial charge >= 0.3 is 0 Å². The van der Waals surface area contributed by atoms with Crippen LogP contribution in [0.4, 0.5) is 17.2 Å². The van der Waals surface area contributed by atoms with Crippen LogP contribution in [0.1, 0.15) is 17.0 Å². The molecule has 31 heavy (non-hydrogen) atoms. The molecule has 0 aliphatic rings. The van der Waals surface area contributed by atoms with Crippen molar-refractivity contribution in [1.82, 2.24) is 20.0 Å². The van der Waals surface area contributed by atoms with Gasteiger partial charge in [0.05, 0.1) is 10.0 Å². The topological polar surface area (TPSA) is 102 Å². The molecule has 0 unspecified atom stereocenters. The maximum absolute atomic E-state index is 12.4. The summed E-state index contributed by atoms with van der Waals surface area (Å²) in [6.07, 6.45) is 0. The number of nitrogens with zero attached hydrogens (tertiary/aromatic N) is 4. The Kier molecular flexibility index (Phi) is 5.69. The predicted molar refractivity (Wildman–Crippen MR) is 123 cm³/mol. The Morgan fingerprint density at radius 1 is 0.935 bits per heavy atom. The molecular weight excluding hydrogens is 456 g/mol. The molecule has 0 aliphatic carbocycles. The average molecular weight is 475 g/mol. The number of nitrogens with one attached hydrogen (secondary N) is 2. The van der Waals surface area contributed by atoms with Crippen molar-refractivity contribution in [2.45, 2.75) is 25.0 Å². The first-order valence-electron chi connectivity index (χ1n) is 9.25. The molecular formula is C20H19ClN6O2S2. The molecule has 4 aromatic rings. The lowest BCUT2D eigenvalue weighted by Gasteiger charge is -2.09. The second kappa shape index (κ2) is 8.29. The maximum atomic E-state index is 12.4. The van der Waals surface area contributed by atoms with E-state index in [9.17, 15) is 8.42 Å². The Bertz CT molecular complexity index is 1330. The summed E-state index contributed by atoms with van der Waals surface area (Å²) in [5, 5.41) is 16.1. The van der Waals surface area contributed by atoms with Crippen LogP contribution >= 0.6 is 22.9 Å². The van der Waals surface area contributed by atoms with Gasteiger partial charge in [-0.2, -0.15) is 5.10 Å². The van der Waals surface area contributed by atoms with Crippen molar-refractivity contribution in [1.29, 1.82) is 0 Å². The highest BCUT2D eigenvalue weighted by molar-refractivity contribution is 7.94. The molecule has 4 rings (SSSR count). The molecule has 1 aromatic carbocycles. The van der Waals surface area contributed by atoms with Crippen LogP contribution in [0.15, 0.2) is 52.7 Å². The van der Waals surface area contributed by atoms with E-state index in [1.165, 1.54) is 6.07 Å². The van der Waals surface area contributed by atoms with Crippen molar-refractivity contribution in [2.24, 2.45) is 0 Å². The third-order valence-electron chi connectivity index (χ3n) is 4.74. The molecule has 0 aliphatic heterocycles. The number of benzene rings is 1. The van der Waals surface area contributed by atoms with Crippen molar-refractivity contribution >= 4 is 50.2 Å². The number of aromatic nitrogens is 4. The summed E-state index contributed by atoms with van der Waals surface area (Å²) in [6, 6.07) is 13.5. The quantitative estimate of drug-likeness (QED) is 0.414. The average Bonchev–Trinajstić information content (AvgIpc) is 3.29. The van der Waals surface area contributed by atoms with E-state index in [1.807, 2.05) is 32.9 Å². The first-order chi connectivity index (χ1) is 14.7. The third kappa shape index (κ3) is 4.55. The summed E-state index contributed by atoms with van der Waals surface area (Å²) in [5.41, 5.74) is 4.29. The lowest BCUT2D eigenvalue weighted by molar-refractivity contribution is 0.603. The third-order valence-corrected chi connectivity index (χ3v) is 7.85. The lowest BCUT2D eigenvalue weighted by Crippen LogP contribution is -2.11. The number of thiophene rings is 1. The molecule has 0 radical (unpaired) electrons. The molecule has 0 saturated heterocycles. The zero-order valence-electron chi connectivity index (χ0n) is 16.9. The summed E-state index contributed by atoms with van der Waals surface area (Å²) in [6.45, 7) is 5.98. The van der Waals surface area contributed by atoms with Crippen molar-refractivity contribution in [2.75, 3.05) is 10.0 Å². The predicted octanol–water partition coefficient (Wildman–Crippen LogP) is 4.85. The number of sulfonamides is 1. The van der Waals surface area contributed by atoms with Gasteiger partial charge in [0.2, 0.25) is 0 Å². The normalized spacial score (nSPS) is 11.5. The fourth-order valence-electron chi connectivity index (χ4n) is 2.87. The van der Waals surface area contributed by atoms with Crippen LogP contribution in [0.25, 0.3) is 5.82 Å². The molecule has 2 N–H and O–H groups in total. The van der Waals surface area contributed by atoms with Gasteiger partial charge in [-0.05, 0) is 74.9 Å². The molecule has 3 aromatic heterocycles. The molecule has 3 heterocycles.